The molecule has 3 rings (SSSR count). The van der Waals surface area contributed by atoms with Gasteiger partial charge in [-0.15, -0.1) is 0 Å². The van der Waals surface area contributed by atoms with E-state index in [0.29, 0.717) is 42.6 Å². The molecule has 0 radical (unpaired) electrons. The van der Waals surface area contributed by atoms with Gasteiger partial charge in [-0.2, -0.15) is 0 Å². The first-order valence-corrected chi connectivity index (χ1v) is 9.94. The van der Waals surface area contributed by atoms with Crippen molar-refractivity contribution in [2.75, 3.05) is 27.4 Å². The van der Waals surface area contributed by atoms with Crippen LogP contribution in [0.1, 0.15) is 34.8 Å². The van der Waals surface area contributed by atoms with Gasteiger partial charge in [-0.3, -0.25) is 4.79 Å². The Balaban J connectivity index is 1.97. The van der Waals surface area contributed by atoms with Gasteiger partial charge in [0.1, 0.15) is 24.1 Å². The van der Waals surface area contributed by atoms with Crippen LogP contribution in [0.15, 0.2) is 42.5 Å². The molecular formula is C22H24ClNO6. The van der Waals surface area contributed by atoms with Crippen molar-refractivity contribution in [1.29, 1.82) is 0 Å². The molecule has 0 aliphatic carbocycles. The van der Waals surface area contributed by atoms with Crippen molar-refractivity contribution >= 4 is 23.5 Å². The van der Waals surface area contributed by atoms with Crippen LogP contribution in [0.4, 0.5) is 0 Å². The molecule has 1 aliphatic rings. The number of nitrogens with zero attached hydrogens (tertiary/aromatic N) is 1. The monoisotopic (exact) mass is 433 g/mol. The van der Waals surface area contributed by atoms with Gasteiger partial charge >= 0.3 is 5.97 Å². The van der Waals surface area contributed by atoms with E-state index < -0.39 is 24.0 Å². The van der Waals surface area contributed by atoms with E-state index >= 15 is 0 Å². The lowest BCUT2D eigenvalue weighted by molar-refractivity contribution is -0.141. The van der Waals surface area contributed by atoms with E-state index in [4.69, 9.17) is 25.8 Å². The predicted octanol–water partition coefficient (Wildman–Crippen LogP) is 3.80. The first-order valence-electron chi connectivity index (χ1n) is 9.57. The molecule has 0 unspecified atom stereocenters. The summed E-state index contributed by atoms with van der Waals surface area (Å²) in [6, 6.07) is 10.6. The second-order valence-electron chi connectivity index (χ2n) is 6.92. The van der Waals surface area contributed by atoms with Crippen molar-refractivity contribution < 1.29 is 28.9 Å². The van der Waals surface area contributed by atoms with Crippen LogP contribution < -0.4 is 9.47 Å². The Morgan fingerprint density at radius 3 is 2.50 bits per heavy atom. The number of ether oxygens (including phenoxy) is 3. The summed E-state index contributed by atoms with van der Waals surface area (Å²) < 4.78 is 15.9. The van der Waals surface area contributed by atoms with E-state index in [1.807, 2.05) is 12.1 Å². The molecule has 0 bridgehead atoms. The van der Waals surface area contributed by atoms with Crippen LogP contribution in [0.5, 0.6) is 11.5 Å². The Bertz CT molecular complexity index is 918. The van der Waals surface area contributed by atoms with Crippen molar-refractivity contribution in [1.82, 2.24) is 4.90 Å². The Morgan fingerprint density at radius 1 is 1.10 bits per heavy atom. The second kappa shape index (κ2) is 9.82. The molecule has 30 heavy (non-hydrogen) atoms. The molecule has 8 heteroatoms. The van der Waals surface area contributed by atoms with E-state index in [1.54, 1.807) is 37.4 Å². The number of carboxylic acid groups (broad SMARTS) is 1. The van der Waals surface area contributed by atoms with Crippen LogP contribution in [-0.2, 0) is 9.53 Å². The van der Waals surface area contributed by atoms with Crippen LogP contribution >= 0.6 is 11.6 Å². The summed E-state index contributed by atoms with van der Waals surface area (Å²) in [5, 5.41) is 10.2. The maximum absolute atomic E-state index is 13.5. The van der Waals surface area contributed by atoms with Gasteiger partial charge in [-0.1, -0.05) is 29.8 Å². The average Bonchev–Trinajstić information content (AvgIpc) is 3.18. The van der Waals surface area contributed by atoms with Gasteiger partial charge in [0, 0.05) is 23.8 Å². The lowest BCUT2D eigenvalue weighted by Gasteiger charge is -2.29. The minimum atomic E-state index is -1.04. The van der Waals surface area contributed by atoms with Crippen LogP contribution in [0.25, 0.3) is 0 Å². The molecule has 1 aliphatic heterocycles. The number of carbonyl (C=O) groups excluding carboxylic acids is 1. The highest BCUT2D eigenvalue weighted by molar-refractivity contribution is 6.31. The first kappa shape index (κ1) is 21.9. The topological polar surface area (TPSA) is 85.3 Å². The number of hydrogen-bond acceptors (Lipinski definition) is 5. The van der Waals surface area contributed by atoms with Gasteiger partial charge in [0.05, 0.1) is 19.8 Å². The van der Waals surface area contributed by atoms with Gasteiger partial charge in [-0.25, -0.2) is 4.79 Å². The number of carbonyl (C=O) groups is 2. The molecule has 2 atom stereocenters. The molecular weight excluding hydrogens is 410 g/mol. The third-order valence-electron chi connectivity index (χ3n) is 5.09. The molecule has 1 amide bonds. The number of methoxy groups -OCH3 is 2. The molecule has 2 aromatic rings. The lowest BCUT2D eigenvalue weighted by atomic mass is 10.0. The molecule has 1 N–H and O–H groups in total. The first-order chi connectivity index (χ1) is 14.5. The van der Waals surface area contributed by atoms with Gasteiger partial charge in [0.2, 0.25) is 0 Å². The molecule has 7 nitrogen and oxygen atoms in total. The summed E-state index contributed by atoms with van der Waals surface area (Å²) in [7, 11) is 3.06. The van der Waals surface area contributed by atoms with Gasteiger partial charge in [0.15, 0.2) is 0 Å². The predicted molar refractivity (Wildman–Crippen MR) is 111 cm³/mol. The van der Waals surface area contributed by atoms with Crippen molar-refractivity contribution in [3.05, 3.63) is 58.6 Å². The number of benzene rings is 2. The molecule has 1 fully saturated rings. The number of rotatable bonds is 8. The zero-order valence-corrected chi connectivity index (χ0v) is 17.6. The average molecular weight is 434 g/mol. The molecule has 160 valence electrons. The van der Waals surface area contributed by atoms with Gasteiger partial charge < -0.3 is 24.2 Å². The fraction of sp³-hybridized carbons (Fsp3) is 0.364. The summed E-state index contributed by atoms with van der Waals surface area (Å²) in [4.78, 5) is 26.8. The number of amides is 1. The number of hydrogen-bond donors (Lipinski definition) is 1. The minimum absolute atomic E-state index is 0.284. The van der Waals surface area contributed by atoms with Crippen LogP contribution in [0.2, 0.25) is 5.02 Å². The third kappa shape index (κ3) is 4.68. The van der Waals surface area contributed by atoms with E-state index in [9.17, 15) is 14.7 Å². The van der Waals surface area contributed by atoms with E-state index in [-0.39, 0.29) is 5.56 Å². The largest absolute Gasteiger partial charge is 0.497 e. The summed E-state index contributed by atoms with van der Waals surface area (Å²) in [6.07, 6.45) is 0.853. The number of carboxylic acids is 1. The molecule has 0 spiro atoms. The Morgan fingerprint density at radius 2 is 1.83 bits per heavy atom. The van der Waals surface area contributed by atoms with E-state index in [0.717, 1.165) is 5.56 Å². The molecule has 1 saturated heterocycles. The summed E-state index contributed by atoms with van der Waals surface area (Å²) in [6.45, 7) is 0.698. The number of likely N-dealkylation sites (tertiary alicyclic amines) is 1. The zero-order chi connectivity index (χ0) is 21.7. The SMILES string of the molecule is COCCOc1cc(OC)cc(C(=O)N2[C@@H](c3ccccc3Cl)CC[C@H]2C(=O)O)c1. The fourth-order valence-electron chi connectivity index (χ4n) is 3.68. The van der Waals surface area contributed by atoms with Gasteiger partial charge in [-0.05, 0) is 36.6 Å². The van der Waals surface area contributed by atoms with Crippen LogP contribution in [0, 0.1) is 0 Å². The van der Waals surface area contributed by atoms with Crippen molar-refractivity contribution in [3.63, 3.8) is 0 Å². The Hall–Kier alpha value is -2.77. The van der Waals surface area contributed by atoms with Crippen molar-refractivity contribution in [3.8, 4) is 11.5 Å². The number of halogens is 1. The maximum Gasteiger partial charge on any atom is 0.326 e. The Kier molecular flexibility index (Phi) is 7.18. The number of aliphatic carboxylic acids is 1. The van der Waals surface area contributed by atoms with E-state index in [1.165, 1.54) is 12.0 Å². The Labute approximate surface area is 180 Å². The lowest BCUT2D eigenvalue weighted by Crippen LogP contribution is -2.41. The maximum atomic E-state index is 13.5. The highest BCUT2D eigenvalue weighted by Gasteiger charge is 2.42. The smallest absolute Gasteiger partial charge is 0.326 e. The molecule has 1 heterocycles. The van der Waals surface area contributed by atoms with E-state index in [2.05, 4.69) is 0 Å². The normalized spacial score (nSPS) is 18.3. The quantitative estimate of drug-likeness (QED) is 0.637. The second-order valence-corrected chi connectivity index (χ2v) is 7.33. The van der Waals surface area contributed by atoms with Gasteiger partial charge in [0.25, 0.3) is 5.91 Å². The third-order valence-corrected chi connectivity index (χ3v) is 5.43. The zero-order valence-electron chi connectivity index (χ0n) is 16.8. The van der Waals surface area contributed by atoms with Crippen molar-refractivity contribution in [2.24, 2.45) is 0 Å². The molecule has 2 aromatic carbocycles. The molecule has 0 aromatic heterocycles. The fourth-order valence-corrected chi connectivity index (χ4v) is 3.94. The summed E-state index contributed by atoms with van der Waals surface area (Å²) >= 11 is 6.35. The summed E-state index contributed by atoms with van der Waals surface area (Å²) in [5.74, 6) is -0.582. The highest BCUT2D eigenvalue weighted by Crippen LogP contribution is 2.40. The summed E-state index contributed by atoms with van der Waals surface area (Å²) in [5.41, 5.74) is 1.02. The molecule has 0 saturated carbocycles. The minimum Gasteiger partial charge on any atom is -0.497 e. The highest BCUT2D eigenvalue weighted by atomic mass is 35.5. The van der Waals surface area contributed by atoms with Crippen LogP contribution in [0.3, 0.4) is 0 Å². The van der Waals surface area contributed by atoms with Crippen molar-refractivity contribution in [2.45, 2.75) is 24.9 Å². The standard InChI is InChI=1S/C22H24ClNO6/c1-28-9-10-30-16-12-14(11-15(13-16)29-2)21(25)24-19(7-8-20(24)22(26)27)17-5-3-4-6-18(17)23/h3-6,11-13,19-20H,7-10H2,1-2H3,(H,26,27)/t19-,20+/m1/s1. The van der Waals surface area contributed by atoms with Crippen LogP contribution in [-0.4, -0.2) is 55.4 Å².